The van der Waals surface area contributed by atoms with Crippen molar-refractivity contribution >= 4 is 32.8 Å². The zero-order valence-corrected chi connectivity index (χ0v) is 23.9. The second kappa shape index (κ2) is 8.84. The Morgan fingerprint density at radius 1 is 0.737 bits per heavy atom. The minimum atomic E-state index is -4.34. The Hall–Kier alpha value is -3.38. The zero-order valence-electron chi connectivity index (χ0n) is 21.8. The summed E-state index contributed by atoms with van der Waals surface area (Å²) in [6.07, 6.45) is -2.42. The summed E-state index contributed by atoms with van der Waals surface area (Å²) in [5.74, 6) is 5.18. The zero-order chi connectivity index (χ0) is 26.8. The molecule has 0 spiro atoms. The van der Waals surface area contributed by atoms with Crippen LogP contribution in [-0.4, -0.2) is 18.3 Å². The Bertz CT molecular complexity index is 1700. The summed E-state index contributed by atoms with van der Waals surface area (Å²) in [7, 11) is 0. The number of nitrogens with zero attached hydrogens (tertiary/aromatic N) is 1. The number of halogens is 3. The van der Waals surface area contributed by atoms with E-state index in [1.54, 1.807) is 12.1 Å². The van der Waals surface area contributed by atoms with Crippen LogP contribution in [0.4, 0.5) is 13.2 Å². The Balaban J connectivity index is 1.49. The molecule has 38 heavy (non-hydrogen) atoms. The molecule has 0 atom stereocenters. The van der Waals surface area contributed by atoms with Crippen molar-refractivity contribution in [2.24, 2.45) is 0 Å². The average molecular weight is 568 g/mol. The van der Waals surface area contributed by atoms with Crippen molar-refractivity contribution in [1.29, 1.82) is 0 Å². The molecule has 0 N–H and O–H groups in total. The van der Waals surface area contributed by atoms with Crippen molar-refractivity contribution in [3.63, 3.8) is 0 Å². The van der Waals surface area contributed by atoms with Gasteiger partial charge in [0, 0.05) is 0 Å². The van der Waals surface area contributed by atoms with Gasteiger partial charge in [0.25, 0.3) is 0 Å². The molecule has 5 aromatic rings. The number of rotatable bonds is 3. The van der Waals surface area contributed by atoms with Gasteiger partial charge in [0.15, 0.2) is 0 Å². The van der Waals surface area contributed by atoms with Gasteiger partial charge in [-0.2, -0.15) is 0 Å². The van der Waals surface area contributed by atoms with Crippen molar-refractivity contribution in [3.8, 4) is 33.5 Å². The van der Waals surface area contributed by atoms with Crippen LogP contribution in [0.1, 0.15) is 30.9 Å². The number of aromatic nitrogens is 1. The summed E-state index contributed by atoms with van der Waals surface area (Å²) < 4.78 is 42.0. The summed E-state index contributed by atoms with van der Waals surface area (Å²) >= 11 is -2.81. The molecule has 4 aromatic carbocycles. The Labute approximate surface area is 223 Å². The average Bonchev–Trinajstić information content (AvgIpc) is 3.14. The second-order valence-electron chi connectivity index (χ2n) is 11.0. The first-order valence-electron chi connectivity index (χ1n) is 12.9. The number of pyridine rings is 1. The van der Waals surface area contributed by atoms with Gasteiger partial charge in [-0.25, -0.2) is 0 Å². The number of alkyl halides is 3. The summed E-state index contributed by atoms with van der Waals surface area (Å²) in [5, 5.41) is 2.50. The van der Waals surface area contributed by atoms with Gasteiger partial charge in [-0.05, 0) is 0 Å². The van der Waals surface area contributed by atoms with Crippen LogP contribution in [0.5, 0.6) is 0 Å². The van der Waals surface area contributed by atoms with E-state index in [-0.39, 0.29) is 0 Å². The van der Waals surface area contributed by atoms with Crippen molar-refractivity contribution in [3.05, 3.63) is 102 Å². The van der Waals surface area contributed by atoms with Crippen LogP contribution < -0.4 is 8.79 Å². The first-order chi connectivity index (χ1) is 18.1. The SMILES string of the molecule is CC(C)c1cc(-c2nccc3[c]2[Ge]([CH3])([CH3])[c]2cc(-c4ccc(C(F)(F)F)cc4)ccc2-3)cc2ccccc12. The molecule has 0 aliphatic carbocycles. The fraction of sp³-hybridized carbons (Fsp3) is 0.182. The van der Waals surface area contributed by atoms with Crippen LogP contribution in [0.3, 0.4) is 0 Å². The third-order valence-corrected chi connectivity index (χ3v) is 15.3. The molecule has 2 heterocycles. The van der Waals surface area contributed by atoms with E-state index in [4.69, 9.17) is 4.98 Å². The van der Waals surface area contributed by atoms with Crippen LogP contribution in [0.25, 0.3) is 44.3 Å². The van der Waals surface area contributed by atoms with Crippen molar-refractivity contribution < 1.29 is 13.2 Å². The molecule has 1 aliphatic heterocycles. The maximum atomic E-state index is 13.1. The third kappa shape index (κ3) is 3.97. The molecular formula is C33H28F3GeN. The molecule has 0 saturated heterocycles. The summed E-state index contributed by atoms with van der Waals surface area (Å²) in [6.45, 7) is 4.46. The van der Waals surface area contributed by atoms with Crippen LogP contribution in [0, 0.1) is 0 Å². The van der Waals surface area contributed by atoms with Crippen molar-refractivity contribution in [1.82, 2.24) is 4.98 Å². The van der Waals surface area contributed by atoms with E-state index in [2.05, 4.69) is 80.0 Å². The molecule has 1 aliphatic rings. The van der Waals surface area contributed by atoms with E-state index < -0.39 is 25.0 Å². The Kier molecular flexibility index (Phi) is 5.80. The molecule has 1 nitrogen and oxygen atoms in total. The molecule has 6 rings (SSSR count). The molecule has 0 bridgehead atoms. The summed E-state index contributed by atoms with van der Waals surface area (Å²) in [6, 6.07) is 27.1. The predicted molar refractivity (Wildman–Crippen MR) is 154 cm³/mol. The van der Waals surface area contributed by atoms with Gasteiger partial charge in [-0.15, -0.1) is 0 Å². The first-order valence-corrected chi connectivity index (χ1v) is 19.2. The predicted octanol–water partition coefficient (Wildman–Crippen LogP) is 8.51. The van der Waals surface area contributed by atoms with Crippen molar-refractivity contribution in [2.45, 2.75) is 37.5 Å². The number of fused-ring (bicyclic) bond motifs is 4. The summed E-state index contributed by atoms with van der Waals surface area (Å²) in [4.78, 5) is 4.96. The third-order valence-electron chi connectivity index (χ3n) is 7.89. The van der Waals surface area contributed by atoms with E-state index in [0.29, 0.717) is 5.92 Å². The van der Waals surface area contributed by atoms with E-state index >= 15 is 0 Å². The van der Waals surface area contributed by atoms with Crippen LogP contribution >= 0.6 is 0 Å². The van der Waals surface area contributed by atoms with Gasteiger partial charge in [-0.1, -0.05) is 0 Å². The van der Waals surface area contributed by atoms with Crippen LogP contribution in [0.2, 0.25) is 11.5 Å². The van der Waals surface area contributed by atoms with Gasteiger partial charge < -0.3 is 0 Å². The monoisotopic (exact) mass is 569 g/mol. The number of hydrogen-bond acceptors (Lipinski definition) is 1. The van der Waals surface area contributed by atoms with Crippen molar-refractivity contribution in [2.75, 3.05) is 0 Å². The van der Waals surface area contributed by atoms with E-state index in [1.165, 1.54) is 36.3 Å². The van der Waals surface area contributed by atoms with E-state index in [0.717, 1.165) is 34.5 Å². The van der Waals surface area contributed by atoms with Gasteiger partial charge >= 0.3 is 224 Å². The molecule has 0 saturated carbocycles. The molecule has 190 valence electrons. The fourth-order valence-electron chi connectivity index (χ4n) is 5.95. The molecule has 0 fully saturated rings. The Morgan fingerprint density at radius 3 is 2.16 bits per heavy atom. The van der Waals surface area contributed by atoms with Gasteiger partial charge in [0.1, 0.15) is 0 Å². The molecule has 1 aromatic heterocycles. The van der Waals surface area contributed by atoms with Gasteiger partial charge in [0.2, 0.25) is 0 Å². The van der Waals surface area contributed by atoms with Gasteiger partial charge in [-0.3, -0.25) is 0 Å². The Morgan fingerprint density at radius 2 is 1.45 bits per heavy atom. The number of hydrogen-bond donors (Lipinski definition) is 0. The maximum absolute atomic E-state index is 13.1. The van der Waals surface area contributed by atoms with Crippen LogP contribution in [0.15, 0.2) is 91.1 Å². The summed E-state index contributed by atoms with van der Waals surface area (Å²) in [5.41, 5.74) is 7.13. The molecule has 0 unspecified atom stereocenters. The molecule has 5 heteroatoms. The molecule has 0 radical (unpaired) electrons. The molecule has 0 amide bonds. The number of benzene rings is 4. The van der Waals surface area contributed by atoms with Crippen LogP contribution in [-0.2, 0) is 6.18 Å². The fourth-order valence-corrected chi connectivity index (χ4v) is 13.0. The van der Waals surface area contributed by atoms with E-state index in [1.807, 2.05) is 12.3 Å². The van der Waals surface area contributed by atoms with Gasteiger partial charge in [0.05, 0.1) is 0 Å². The standard InChI is InChI=1S/C33H28F3GeN/c1-20(2)29-18-24(17-23-7-5-6-8-26(23)29)32-31-28(15-16-38-32)27-14-11-22(19-30(27)37(31,3)4)21-9-12-25(13-10-21)33(34,35)36/h5-20H,1-4H3. The second-order valence-corrected chi connectivity index (χ2v) is 20.0. The first kappa shape index (κ1) is 24.9. The normalized spacial score (nSPS) is 14.1. The molecular weight excluding hydrogens is 540 g/mol. The quantitative estimate of drug-likeness (QED) is 0.199. The minimum absolute atomic E-state index is 0.384. The van der Waals surface area contributed by atoms with E-state index in [9.17, 15) is 13.2 Å². The topological polar surface area (TPSA) is 12.9 Å².